The van der Waals surface area contributed by atoms with Gasteiger partial charge in [0, 0.05) is 32.1 Å². The zero-order chi connectivity index (χ0) is 28.4. The number of allylic oxidation sites excluding steroid dienone is 1. The summed E-state index contributed by atoms with van der Waals surface area (Å²) in [5.74, 6) is 0.0755. The average molecular weight is 685 g/mol. The molecule has 0 unspecified atom stereocenters. The number of carbonyl (C=O) groups is 1. The highest BCUT2D eigenvalue weighted by molar-refractivity contribution is 9.10. The number of aromatic nitrogens is 2. The minimum absolute atomic E-state index is 0.210. The molecule has 0 N–H and O–H groups in total. The van der Waals surface area contributed by atoms with Gasteiger partial charge in [0.2, 0.25) is 0 Å². The van der Waals surface area contributed by atoms with Gasteiger partial charge in [0.05, 0.1) is 29.5 Å². The second-order valence-corrected chi connectivity index (χ2v) is 11.9. The zero-order valence-corrected chi connectivity index (χ0v) is 26.2. The van der Waals surface area contributed by atoms with Crippen molar-refractivity contribution < 1.29 is 14.3 Å². The Kier molecular flexibility index (Phi) is 8.58. The molecule has 2 aromatic heterocycles. The van der Waals surface area contributed by atoms with E-state index in [0.29, 0.717) is 38.3 Å². The van der Waals surface area contributed by atoms with E-state index in [1.807, 2.05) is 78.4 Å². The average Bonchev–Trinajstić information content (AvgIpc) is 3.52. The summed E-state index contributed by atoms with van der Waals surface area (Å²) in [5, 5.41) is 0. The molecule has 1 atom stereocenters. The molecule has 3 heterocycles. The SMILES string of the molecule is CCCC1=C(C(=O)OCC)[C@@H](c2cc(Br)ccc2OC)n2c(s/c(=C/c3cccn3-c3ccc(Br)cc3)c2=O)=N1. The minimum atomic E-state index is -0.760. The monoisotopic (exact) mass is 683 g/mol. The molecular formula is C30H27Br2N3O4S. The van der Waals surface area contributed by atoms with Crippen molar-refractivity contribution in [3.8, 4) is 11.4 Å². The first-order chi connectivity index (χ1) is 19.4. The van der Waals surface area contributed by atoms with Gasteiger partial charge in [0.15, 0.2) is 4.80 Å². The van der Waals surface area contributed by atoms with E-state index in [2.05, 4.69) is 31.9 Å². The second-order valence-electron chi connectivity index (χ2n) is 9.08. The molecular weight excluding hydrogens is 658 g/mol. The van der Waals surface area contributed by atoms with Crippen LogP contribution in [0.25, 0.3) is 11.8 Å². The molecule has 0 bridgehead atoms. The quantitative estimate of drug-likeness (QED) is 0.217. The fourth-order valence-electron chi connectivity index (χ4n) is 4.82. The van der Waals surface area contributed by atoms with Crippen LogP contribution in [0.15, 0.2) is 90.8 Å². The van der Waals surface area contributed by atoms with Crippen LogP contribution < -0.4 is 19.6 Å². The van der Waals surface area contributed by atoms with E-state index >= 15 is 0 Å². The predicted octanol–water partition coefficient (Wildman–Crippen LogP) is 5.90. The Hall–Kier alpha value is -3.21. The van der Waals surface area contributed by atoms with Gasteiger partial charge in [-0.05, 0) is 74.0 Å². The van der Waals surface area contributed by atoms with Crippen LogP contribution in [0.5, 0.6) is 5.75 Å². The first-order valence-corrected chi connectivity index (χ1v) is 15.2. The fourth-order valence-corrected chi connectivity index (χ4v) is 6.46. The molecule has 0 aliphatic carbocycles. The van der Waals surface area contributed by atoms with Crippen LogP contribution in [-0.4, -0.2) is 28.8 Å². The molecule has 40 heavy (non-hydrogen) atoms. The molecule has 5 rings (SSSR count). The summed E-state index contributed by atoms with van der Waals surface area (Å²) in [7, 11) is 1.58. The summed E-state index contributed by atoms with van der Waals surface area (Å²) < 4.78 is 17.1. The maximum Gasteiger partial charge on any atom is 0.338 e. The van der Waals surface area contributed by atoms with Crippen LogP contribution in [0.4, 0.5) is 0 Å². The van der Waals surface area contributed by atoms with E-state index < -0.39 is 12.0 Å². The molecule has 7 nitrogen and oxygen atoms in total. The molecule has 206 valence electrons. The molecule has 10 heteroatoms. The van der Waals surface area contributed by atoms with Crippen molar-refractivity contribution in [1.82, 2.24) is 9.13 Å². The topological polar surface area (TPSA) is 74.8 Å². The maximum atomic E-state index is 14.1. The summed E-state index contributed by atoms with van der Waals surface area (Å²) >= 11 is 8.35. The number of nitrogens with zero attached hydrogens (tertiary/aromatic N) is 3. The highest BCUT2D eigenvalue weighted by Gasteiger charge is 2.36. The van der Waals surface area contributed by atoms with Crippen LogP contribution in [0.3, 0.4) is 0 Å². The lowest BCUT2D eigenvalue weighted by Crippen LogP contribution is -2.40. The fraction of sp³-hybridized carbons (Fsp3) is 0.233. The molecule has 0 fully saturated rings. The number of hydrogen-bond acceptors (Lipinski definition) is 6. The van der Waals surface area contributed by atoms with Crippen molar-refractivity contribution in [3.05, 3.63) is 112 Å². The van der Waals surface area contributed by atoms with Gasteiger partial charge in [-0.25, -0.2) is 9.79 Å². The molecule has 0 saturated carbocycles. The van der Waals surface area contributed by atoms with Crippen LogP contribution in [0.1, 0.15) is 44.0 Å². The molecule has 2 aromatic carbocycles. The van der Waals surface area contributed by atoms with Crippen molar-refractivity contribution in [3.63, 3.8) is 0 Å². The van der Waals surface area contributed by atoms with E-state index in [0.717, 1.165) is 26.7 Å². The maximum absolute atomic E-state index is 14.1. The third-order valence-electron chi connectivity index (χ3n) is 6.54. The molecule has 0 spiro atoms. The summed E-state index contributed by atoms with van der Waals surface area (Å²) in [6.45, 7) is 4.01. The van der Waals surface area contributed by atoms with Crippen LogP contribution >= 0.6 is 43.2 Å². The number of ether oxygens (including phenoxy) is 2. The van der Waals surface area contributed by atoms with Crippen molar-refractivity contribution in [2.45, 2.75) is 32.7 Å². The number of hydrogen-bond donors (Lipinski definition) is 0. The first kappa shape index (κ1) is 28.3. The third kappa shape index (κ3) is 5.40. The smallest absolute Gasteiger partial charge is 0.338 e. The Labute approximate surface area is 252 Å². The summed E-state index contributed by atoms with van der Waals surface area (Å²) in [6, 6.07) is 16.7. The van der Waals surface area contributed by atoms with Gasteiger partial charge in [-0.3, -0.25) is 9.36 Å². The number of esters is 1. The predicted molar refractivity (Wildman–Crippen MR) is 164 cm³/mol. The number of benzene rings is 2. The van der Waals surface area contributed by atoms with Crippen LogP contribution in [-0.2, 0) is 9.53 Å². The van der Waals surface area contributed by atoms with Gasteiger partial charge >= 0.3 is 5.97 Å². The number of rotatable bonds is 8. The van der Waals surface area contributed by atoms with E-state index in [4.69, 9.17) is 14.5 Å². The second kappa shape index (κ2) is 12.1. The standard InChI is InChI=1S/C30H27Br2N3O4S/c1-4-7-23-26(29(37)39-5-2)27(22-16-19(32)11-14-24(22)38-3)35-28(36)25(40-30(35)33-23)17-21-8-6-15-34(21)20-12-9-18(31)10-13-20/h6,8-17,27H,4-5,7H2,1-3H3/b25-17+/t27-/m1/s1. The Morgan fingerprint density at radius 3 is 2.55 bits per heavy atom. The summed E-state index contributed by atoms with van der Waals surface area (Å²) in [6.07, 6.45) is 5.17. The lowest BCUT2D eigenvalue weighted by molar-refractivity contribution is -0.139. The number of fused-ring (bicyclic) bond motifs is 1. The van der Waals surface area contributed by atoms with Crippen molar-refractivity contribution in [2.75, 3.05) is 13.7 Å². The van der Waals surface area contributed by atoms with Gasteiger partial charge < -0.3 is 14.0 Å². The van der Waals surface area contributed by atoms with Crippen molar-refractivity contribution in [1.29, 1.82) is 0 Å². The van der Waals surface area contributed by atoms with E-state index in [1.165, 1.54) is 11.3 Å². The Bertz CT molecular complexity index is 1780. The molecule has 4 aromatic rings. The molecule has 0 amide bonds. The van der Waals surface area contributed by atoms with Gasteiger partial charge in [-0.15, -0.1) is 0 Å². The number of carbonyl (C=O) groups excluding carboxylic acids is 1. The van der Waals surface area contributed by atoms with Gasteiger partial charge in [-0.1, -0.05) is 56.5 Å². The van der Waals surface area contributed by atoms with Crippen LogP contribution in [0.2, 0.25) is 0 Å². The van der Waals surface area contributed by atoms with Crippen molar-refractivity contribution in [2.24, 2.45) is 4.99 Å². The molecule has 0 saturated heterocycles. The zero-order valence-electron chi connectivity index (χ0n) is 22.2. The van der Waals surface area contributed by atoms with Gasteiger partial charge in [0.1, 0.15) is 11.8 Å². The number of halogens is 2. The first-order valence-electron chi connectivity index (χ1n) is 12.8. The molecule has 1 aliphatic heterocycles. The number of methoxy groups -OCH3 is 1. The Morgan fingerprint density at radius 2 is 1.85 bits per heavy atom. The largest absolute Gasteiger partial charge is 0.496 e. The molecule has 0 radical (unpaired) electrons. The lowest BCUT2D eigenvalue weighted by atomic mass is 9.93. The van der Waals surface area contributed by atoms with Gasteiger partial charge in [-0.2, -0.15) is 0 Å². The van der Waals surface area contributed by atoms with Crippen molar-refractivity contribution >= 4 is 55.2 Å². The molecule has 1 aliphatic rings. The minimum Gasteiger partial charge on any atom is -0.496 e. The Balaban J connectivity index is 1.76. The van der Waals surface area contributed by atoms with E-state index in [1.54, 1.807) is 18.6 Å². The lowest BCUT2D eigenvalue weighted by Gasteiger charge is -2.27. The highest BCUT2D eigenvalue weighted by Crippen LogP contribution is 2.38. The van der Waals surface area contributed by atoms with Crippen LogP contribution in [0, 0.1) is 0 Å². The van der Waals surface area contributed by atoms with E-state index in [9.17, 15) is 9.59 Å². The van der Waals surface area contributed by atoms with Gasteiger partial charge in [0.25, 0.3) is 5.56 Å². The normalized spacial score (nSPS) is 15.1. The Morgan fingerprint density at radius 1 is 1.10 bits per heavy atom. The number of thiazole rings is 1. The summed E-state index contributed by atoms with van der Waals surface area (Å²) in [4.78, 5) is 33.0. The highest BCUT2D eigenvalue weighted by atomic mass is 79.9. The third-order valence-corrected chi connectivity index (χ3v) is 8.55. The summed E-state index contributed by atoms with van der Waals surface area (Å²) in [5.41, 5.74) is 3.24. The van der Waals surface area contributed by atoms with E-state index in [-0.39, 0.29) is 12.2 Å².